The first kappa shape index (κ1) is 25.5. The lowest BCUT2D eigenvalue weighted by Gasteiger charge is -2.23. The SMILES string of the molecule is COCC(Oc1cc(-c2nnn(C3CCNCC3)c2C)cn2ncc(C#N)c12)c1ccc(F)cn1.Cl. The molecule has 188 valence electrons. The Hall–Kier alpha value is -3.59. The zero-order valence-corrected chi connectivity index (χ0v) is 20.7. The number of ether oxygens (including phenoxy) is 2. The maximum Gasteiger partial charge on any atom is 0.164 e. The fourth-order valence-electron chi connectivity index (χ4n) is 4.45. The number of piperidine rings is 1. The Balaban J connectivity index is 0.00000304. The molecule has 12 heteroatoms. The summed E-state index contributed by atoms with van der Waals surface area (Å²) in [5.74, 6) is -0.0234. The first-order valence-corrected chi connectivity index (χ1v) is 11.4. The molecule has 0 saturated carbocycles. The summed E-state index contributed by atoms with van der Waals surface area (Å²) in [5, 5.41) is 26.3. The van der Waals surface area contributed by atoms with Gasteiger partial charge in [0.15, 0.2) is 6.10 Å². The van der Waals surface area contributed by atoms with Crippen molar-refractivity contribution >= 4 is 17.9 Å². The van der Waals surface area contributed by atoms with Crippen LogP contribution in [-0.4, -0.2) is 56.4 Å². The summed E-state index contributed by atoms with van der Waals surface area (Å²) < 4.78 is 28.7. The van der Waals surface area contributed by atoms with Gasteiger partial charge in [0.1, 0.15) is 34.4 Å². The molecule has 0 spiro atoms. The Labute approximate surface area is 213 Å². The largest absolute Gasteiger partial charge is 0.479 e. The van der Waals surface area contributed by atoms with E-state index in [2.05, 4.69) is 31.8 Å². The molecule has 4 aromatic heterocycles. The third kappa shape index (κ3) is 4.88. The normalized spacial score (nSPS) is 14.8. The molecule has 1 saturated heterocycles. The molecule has 36 heavy (non-hydrogen) atoms. The lowest BCUT2D eigenvalue weighted by Crippen LogP contribution is -2.30. The quantitative estimate of drug-likeness (QED) is 0.400. The van der Waals surface area contributed by atoms with E-state index in [1.807, 2.05) is 23.9 Å². The van der Waals surface area contributed by atoms with Crippen LogP contribution in [0.4, 0.5) is 4.39 Å². The van der Waals surface area contributed by atoms with E-state index in [9.17, 15) is 9.65 Å². The molecule has 4 aromatic rings. The molecule has 1 aliphatic heterocycles. The molecule has 1 atom stereocenters. The lowest BCUT2D eigenvalue weighted by molar-refractivity contribution is 0.0791. The molecule has 0 aromatic carbocycles. The maximum atomic E-state index is 13.4. The Morgan fingerprint density at radius 3 is 2.78 bits per heavy atom. The topological polar surface area (TPSA) is 115 Å². The Bertz CT molecular complexity index is 1380. The van der Waals surface area contributed by atoms with E-state index in [-0.39, 0.29) is 19.0 Å². The van der Waals surface area contributed by atoms with Crippen LogP contribution >= 0.6 is 12.4 Å². The fraction of sp³-hybridized carbons (Fsp3) is 0.375. The minimum atomic E-state index is -0.632. The smallest absolute Gasteiger partial charge is 0.164 e. The van der Waals surface area contributed by atoms with Gasteiger partial charge < -0.3 is 14.8 Å². The van der Waals surface area contributed by atoms with Crippen molar-refractivity contribution in [3.63, 3.8) is 0 Å². The van der Waals surface area contributed by atoms with Crippen molar-refractivity contribution in [2.24, 2.45) is 0 Å². The van der Waals surface area contributed by atoms with Crippen molar-refractivity contribution in [2.45, 2.75) is 31.9 Å². The van der Waals surface area contributed by atoms with E-state index in [4.69, 9.17) is 9.47 Å². The van der Waals surface area contributed by atoms with Crippen LogP contribution in [0.1, 0.15) is 41.9 Å². The maximum absolute atomic E-state index is 13.4. The van der Waals surface area contributed by atoms with Gasteiger partial charge in [0, 0.05) is 18.9 Å². The summed E-state index contributed by atoms with van der Waals surface area (Å²) in [6.45, 7) is 4.08. The third-order valence-corrected chi connectivity index (χ3v) is 6.22. The summed E-state index contributed by atoms with van der Waals surface area (Å²) >= 11 is 0. The summed E-state index contributed by atoms with van der Waals surface area (Å²) in [6.07, 6.45) is 5.79. The number of pyridine rings is 2. The van der Waals surface area contributed by atoms with Crippen molar-refractivity contribution in [2.75, 3.05) is 26.8 Å². The number of aromatic nitrogens is 6. The summed E-state index contributed by atoms with van der Waals surface area (Å²) in [5.41, 5.74) is 3.80. The van der Waals surface area contributed by atoms with Gasteiger partial charge in [-0.1, -0.05) is 5.21 Å². The van der Waals surface area contributed by atoms with Crippen LogP contribution in [-0.2, 0) is 4.74 Å². The van der Waals surface area contributed by atoms with E-state index in [0.29, 0.717) is 34.3 Å². The number of nitrogens with zero attached hydrogens (tertiary/aromatic N) is 7. The van der Waals surface area contributed by atoms with Crippen molar-refractivity contribution in [1.29, 1.82) is 5.26 Å². The number of methoxy groups -OCH3 is 1. The van der Waals surface area contributed by atoms with Crippen molar-refractivity contribution in [1.82, 2.24) is 34.9 Å². The highest BCUT2D eigenvalue weighted by Gasteiger charge is 2.24. The monoisotopic (exact) mass is 512 g/mol. The highest BCUT2D eigenvalue weighted by Crippen LogP contribution is 2.34. The number of nitriles is 1. The molecule has 1 aliphatic rings. The van der Waals surface area contributed by atoms with Crippen molar-refractivity contribution in [3.05, 3.63) is 59.6 Å². The van der Waals surface area contributed by atoms with E-state index in [0.717, 1.165) is 43.4 Å². The van der Waals surface area contributed by atoms with Gasteiger partial charge in [-0.05, 0) is 51.1 Å². The van der Waals surface area contributed by atoms with Gasteiger partial charge in [0.05, 0.1) is 36.4 Å². The molecule has 1 N–H and O–H groups in total. The fourth-order valence-corrected chi connectivity index (χ4v) is 4.45. The Morgan fingerprint density at radius 2 is 2.08 bits per heavy atom. The van der Waals surface area contributed by atoms with Crippen LogP contribution in [0.3, 0.4) is 0 Å². The first-order chi connectivity index (χ1) is 17.1. The number of rotatable bonds is 7. The number of nitrogens with one attached hydrogen (secondary N) is 1. The Kier molecular flexibility index (Phi) is 7.79. The molecule has 5 rings (SSSR count). The van der Waals surface area contributed by atoms with E-state index in [1.54, 1.807) is 17.7 Å². The minimum absolute atomic E-state index is 0. The van der Waals surface area contributed by atoms with Crippen molar-refractivity contribution < 1.29 is 13.9 Å². The van der Waals surface area contributed by atoms with Crippen LogP contribution in [0, 0.1) is 24.1 Å². The summed E-state index contributed by atoms with van der Waals surface area (Å²) in [6, 6.07) is 7.16. The highest BCUT2D eigenvalue weighted by molar-refractivity contribution is 5.85. The molecular weight excluding hydrogens is 487 g/mol. The molecule has 0 bridgehead atoms. The van der Waals surface area contributed by atoms with Gasteiger partial charge in [0.2, 0.25) is 0 Å². The second-order valence-electron chi connectivity index (χ2n) is 8.47. The lowest BCUT2D eigenvalue weighted by atomic mass is 10.1. The van der Waals surface area contributed by atoms with Crippen molar-refractivity contribution in [3.8, 4) is 23.1 Å². The molecular formula is C24H26ClFN8O2. The van der Waals surface area contributed by atoms with E-state index < -0.39 is 11.9 Å². The van der Waals surface area contributed by atoms with Gasteiger partial charge in [-0.2, -0.15) is 10.4 Å². The first-order valence-electron chi connectivity index (χ1n) is 11.4. The Morgan fingerprint density at radius 1 is 1.28 bits per heavy atom. The zero-order valence-electron chi connectivity index (χ0n) is 19.9. The van der Waals surface area contributed by atoms with Gasteiger partial charge >= 0.3 is 0 Å². The predicted octanol–water partition coefficient (Wildman–Crippen LogP) is 3.42. The average Bonchev–Trinajstić information content (AvgIpc) is 3.48. The van der Waals surface area contributed by atoms with Gasteiger partial charge in [0.25, 0.3) is 0 Å². The third-order valence-electron chi connectivity index (χ3n) is 6.22. The molecule has 10 nitrogen and oxygen atoms in total. The van der Waals surface area contributed by atoms with Crippen LogP contribution in [0.25, 0.3) is 16.8 Å². The van der Waals surface area contributed by atoms with Crippen LogP contribution < -0.4 is 10.1 Å². The molecule has 0 aliphatic carbocycles. The predicted molar refractivity (Wildman–Crippen MR) is 131 cm³/mol. The number of hydrogen-bond donors (Lipinski definition) is 1. The highest BCUT2D eigenvalue weighted by atomic mass is 35.5. The second kappa shape index (κ2) is 11.0. The molecule has 0 radical (unpaired) electrons. The molecule has 1 fully saturated rings. The number of fused-ring (bicyclic) bond motifs is 1. The molecule has 0 amide bonds. The van der Waals surface area contributed by atoms with Crippen LogP contribution in [0.5, 0.6) is 5.75 Å². The van der Waals surface area contributed by atoms with Gasteiger partial charge in [-0.3, -0.25) is 4.98 Å². The number of halogens is 2. The average molecular weight is 513 g/mol. The van der Waals surface area contributed by atoms with Crippen LogP contribution in [0.15, 0.2) is 36.8 Å². The van der Waals surface area contributed by atoms with E-state index in [1.165, 1.54) is 12.3 Å². The summed E-state index contributed by atoms with van der Waals surface area (Å²) in [4.78, 5) is 4.16. The number of hydrogen-bond acceptors (Lipinski definition) is 8. The zero-order chi connectivity index (χ0) is 24.4. The molecule has 1 unspecified atom stereocenters. The molecule has 5 heterocycles. The van der Waals surface area contributed by atoms with Crippen LogP contribution in [0.2, 0.25) is 0 Å². The standard InChI is InChI=1S/C24H25FN8O2.ClH/c1-15-23(30-31-33(15)19-5-7-27-8-6-19)16-9-21(24-17(10-26)11-29-32(24)13-16)35-22(14-34-2)20-4-3-18(25)12-28-20;/h3-4,9,11-13,19,22,27H,5-8,14H2,1-2H3;1H. The second-order valence-corrected chi connectivity index (χ2v) is 8.47. The van der Waals surface area contributed by atoms with Gasteiger partial charge in [-0.25, -0.2) is 13.6 Å². The minimum Gasteiger partial charge on any atom is -0.479 e. The summed E-state index contributed by atoms with van der Waals surface area (Å²) in [7, 11) is 1.55. The van der Waals surface area contributed by atoms with E-state index >= 15 is 0 Å². The van der Waals surface area contributed by atoms with Gasteiger partial charge in [-0.15, -0.1) is 17.5 Å².